The fourth-order valence-corrected chi connectivity index (χ4v) is 3.01. The molecule has 3 rings (SSSR count). The minimum Gasteiger partial charge on any atom is -0.490 e. The lowest BCUT2D eigenvalue weighted by atomic mass is 10.1. The number of aromatic nitrogens is 1. The molecule has 0 aliphatic carbocycles. The van der Waals surface area contributed by atoms with Crippen LogP contribution in [0.15, 0.2) is 34.9 Å². The van der Waals surface area contributed by atoms with Crippen molar-refractivity contribution in [3.8, 4) is 17.1 Å². The molecule has 1 aliphatic rings. The number of nitrogens with two attached hydrogens (primary N) is 1. The van der Waals surface area contributed by atoms with Crippen LogP contribution in [0.1, 0.15) is 6.42 Å². The van der Waals surface area contributed by atoms with E-state index in [1.54, 1.807) is 6.07 Å². The molecule has 4 nitrogen and oxygen atoms in total. The first-order valence-corrected chi connectivity index (χ1v) is 7.04. The van der Waals surface area contributed by atoms with E-state index in [9.17, 15) is 0 Å². The second-order valence-electron chi connectivity index (χ2n) is 4.24. The van der Waals surface area contributed by atoms with E-state index in [1.807, 2.05) is 36.0 Å². The fourth-order valence-electron chi connectivity index (χ4n) is 1.92. The van der Waals surface area contributed by atoms with Gasteiger partial charge in [-0.25, -0.2) is 0 Å². The molecular weight excluding hydrogens is 248 g/mol. The molecule has 0 saturated carbocycles. The summed E-state index contributed by atoms with van der Waals surface area (Å²) in [5, 5.41) is 3.67. The summed E-state index contributed by atoms with van der Waals surface area (Å²) >= 11 is 1.94. The van der Waals surface area contributed by atoms with Crippen molar-refractivity contribution in [2.24, 2.45) is 0 Å². The van der Waals surface area contributed by atoms with Crippen molar-refractivity contribution >= 4 is 17.6 Å². The van der Waals surface area contributed by atoms with Gasteiger partial charge in [0.2, 0.25) is 0 Å². The Hall–Kier alpha value is -1.62. The van der Waals surface area contributed by atoms with Gasteiger partial charge < -0.3 is 15.0 Å². The highest BCUT2D eigenvalue weighted by atomic mass is 32.2. The highest BCUT2D eigenvalue weighted by Crippen LogP contribution is 2.26. The number of hydrogen-bond acceptors (Lipinski definition) is 5. The zero-order valence-corrected chi connectivity index (χ0v) is 10.7. The summed E-state index contributed by atoms with van der Waals surface area (Å²) in [6.45, 7) is 0. The van der Waals surface area contributed by atoms with E-state index in [4.69, 9.17) is 15.0 Å². The third kappa shape index (κ3) is 2.46. The SMILES string of the molecule is Nc1cc(-c2ccc(OC3CCSC3)cc2)on1. The van der Waals surface area contributed by atoms with Gasteiger partial charge in [-0.1, -0.05) is 5.16 Å². The predicted molar refractivity (Wildman–Crippen MR) is 72.7 cm³/mol. The van der Waals surface area contributed by atoms with E-state index in [2.05, 4.69) is 5.16 Å². The van der Waals surface area contributed by atoms with Crippen LogP contribution in [0.3, 0.4) is 0 Å². The summed E-state index contributed by atoms with van der Waals surface area (Å²) in [7, 11) is 0. The van der Waals surface area contributed by atoms with Crippen molar-refractivity contribution in [3.63, 3.8) is 0 Å². The topological polar surface area (TPSA) is 61.3 Å². The summed E-state index contributed by atoms with van der Waals surface area (Å²) in [5.74, 6) is 4.25. The Bertz CT molecular complexity index is 518. The average molecular weight is 262 g/mol. The molecule has 0 bridgehead atoms. The summed E-state index contributed by atoms with van der Waals surface area (Å²) in [6.07, 6.45) is 1.48. The first-order chi connectivity index (χ1) is 8.81. The van der Waals surface area contributed by atoms with E-state index in [0.717, 1.165) is 23.5 Å². The summed E-state index contributed by atoms with van der Waals surface area (Å²) in [5.41, 5.74) is 6.47. The quantitative estimate of drug-likeness (QED) is 0.921. The number of nitrogens with zero attached hydrogens (tertiary/aromatic N) is 1. The normalized spacial score (nSPS) is 19.0. The maximum Gasteiger partial charge on any atom is 0.169 e. The minimum absolute atomic E-state index is 0.349. The molecule has 18 heavy (non-hydrogen) atoms. The number of anilines is 1. The summed E-state index contributed by atoms with van der Waals surface area (Å²) < 4.78 is 11.0. The van der Waals surface area contributed by atoms with Crippen molar-refractivity contribution in [2.45, 2.75) is 12.5 Å². The van der Waals surface area contributed by atoms with Gasteiger partial charge >= 0.3 is 0 Å². The zero-order chi connectivity index (χ0) is 12.4. The van der Waals surface area contributed by atoms with Crippen LogP contribution < -0.4 is 10.5 Å². The molecule has 94 valence electrons. The predicted octanol–water partition coefficient (Wildman–Crippen LogP) is 2.81. The molecule has 2 N–H and O–H groups in total. The van der Waals surface area contributed by atoms with Crippen LogP contribution in [-0.4, -0.2) is 22.8 Å². The maximum absolute atomic E-state index is 5.88. The summed E-state index contributed by atoms with van der Waals surface area (Å²) in [4.78, 5) is 0. The van der Waals surface area contributed by atoms with Gasteiger partial charge in [-0.3, -0.25) is 0 Å². The van der Waals surface area contributed by atoms with E-state index in [1.165, 1.54) is 5.75 Å². The number of rotatable bonds is 3. The third-order valence-electron chi connectivity index (χ3n) is 2.86. The molecule has 1 aromatic heterocycles. The highest BCUT2D eigenvalue weighted by Gasteiger charge is 2.16. The Morgan fingerprint density at radius 3 is 2.78 bits per heavy atom. The molecule has 1 aromatic carbocycles. The smallest absolute Gasteiger partial charge is 0.169 e. The fraction of sp³-hybridized carbons (Fsp3) is 0.308. The number of benzene rings is 1. The first kappa shape index (κ1) is 11.5. The van der Waals surface area contributed by atoms with E-state index < -0.39 is 0 Å². The van der Waals surface area contributed by atoms with Gasteiger partial charge in [0.1, 0.15) is 11.9 Å². The van der Waals surface area contributed by atoms with Gasteiger partial charge in [-0.05, 0) is 36.4 Å². The standard InChI is InChI=1S/C13H14N2O2S/c14-13-7-12(17-15-13)9-1-3-10(4-2-9)16-11-5-6-18-8-11/h1-4,7,11H,5-6,8H2,(H2,14,15). The number of nitrogen functional groups attached to an aromatic ring is 1. The molecule has 0 spiro atoms. The Morgan fingerprint density at radius 2 is 2.17 bits per heavy atom. The van der Waals surface area contributed by atoms with Crippen molar-refractivity contribution in [3.05, 3.63) is 30.3 Å². The Kier molecular flexibility index (Phi) is 3.15. The molecule has 0 radical (unpaired) electrons. The van der Waals surface area contributed by atoms with Crippen molar-refractivity contribution in [1.82, 2.24) is 5.16 Å². The number of ether oxygens (including phenoxy) is 1. The van der Waals surface area contributed by atoms with Crippen LogP contribution in [-0.2, 0) is 0 Å². The van der Waals surface area contributed by atoms with Gasteiger partial charge in [0.25, 0.3) is 0 Å². The molecule has 5 heteroatoms. The van der Waals surface area contributed by atoms with Crippen LogP contribution >= 0.6 is 11.8 Å². The van der Waals surface area contributed by atoms with Gasteiger partial charge in [-0.2, -0.15) is 11.8 Å². The lowest BCUT2D eigenvalue weighted by Gasteiger charge is -2.12. The highest BCUT2D eigenvalue weighted by molar-refractivity contribution is 7.99. The van der Waals surface area contributed by atoms with Gasteiger partial charge in [0.05, 0.1) is 0 Å². The minimum atomic E-state index is 0.349. The van der Waals surface area contributed by atoms with Crippen molar-refractivity contribution in [2.75, 3.05) is 17.2 Å². The Balaban J connectivity index is 1.72. The molecular formula is C13H14N2O2S. The molecule has 2 aromatic rings. The lowest BCUT2D eigenvalue weighted by Crippen LogP contribution is -2.14. The van der Waals surface area contributed by atoms with E-state index in [0.29, 0.717) is 17.7 Å². The van der Waals surface area contributed by atoms with E-state index >= 15 is 0 Å². The molecule has 1 saturated heterocycles. The second-order valence-corrected chi connectivity index (χ2v) is 5.39. The molecule has 1 fully saturated rings. The molecule has 2 heterocycles. The Morgan fingerprint density at radius 1 is 1.33 bits per heavy atom. The van der Waals surface area contributed by atoms with Crippen LogP contribution in [0, 0.1) is 0 Å². The van der Waals surface area contributed by atoms with Gasteiger partial charge in [0, 0.05) is 17.4 Å². The van der Waals surface area contributed by atoms with Crippen LogP contribution in [0.5, 0.6) is 5.75 Å². The van der Waals surface area contributed by atoms with Crippen molar-refractivity contribution in [1.29, 1.82) is 0 Å². The lowest BCUT2D eigenvalue weighted by molar-refractivity contribution is 0.229. The van der Waals surface area contributed by atoms with Crippen LogP contribution in [0.4, 0.5) is 5.82 Å². The number of thioether (sulfide) groups is 1. The second kappa shape index (κ2) is 4.94. The van der Waals surface area contributed by atoms with Crippen molar-refractivity contribution < 1.29 is 9.26 Å². The third-order valence-corrected chi connectivity index (χ3v) is 3.99. The zero-order valence-electron chi connectivity index (χ0n) is 9.83. The van der Waals surface area contributed by atoms with Crippen LogP contribution in [0.25, 0.3) is 11.3 Å². The summed E-state index contributed by atoms with van der Waals surface area (Å²) in [6, 6.07) is 9.53. The van der Waals surface area contributed by atoms with Crippen LogP contribution in [0.2, 0.25) is 0 Å². The van der Waals surface area contributed by atoms with Gasteiger partial charge in [0.15, 0.2) is 11.6 Å². The largest absolute Gasteiger partial charge is 0.490 e. The molecule has 1 atom stereocenters. The molecule has 0 amide bonds. The monoisotopic (exact) mass is 262 g/mol. The maximum atomic E-state index is 5.88. The molecule has 1 unspecified atom stereocenters. The molecule has 1 aliphatic heterocycles. The number of hydrogen-bond donors (Lipinski definition) is 1. The van der Waals surface area contributed by atoms with Gasteiger partial charge in [-0.15, -0.1) is 0 Å². The first-order valence-electron chi connectivity index (χ1n) is 5.88. The average Bonchev–Trinajstić information content (AvgIpc) is 3.02. The Labute approximate surface area is 109 Å². The van der Waals surface area contributed by atoms with E-state index in [-0.39, 0.29) is 0 Å².